The molecule has 1 aliphatic heterocycles. The van der Waals surface area contributed by atoms with Crippen molar-refractivity contribution in [1.82, 2.24) is 0 Å². The first-order valence-corrected chi connectivity index (χ1v) is 2.79. The van der Waals surface area contributed by atoms with E-state index in [1.807, 2.05) is 0 Å². The van der Waals surface area contributed by atoms with Crippen molar-refractivity contribution in [3.63, 3.8) is 0 Å². The van der Waals surface area contributed by atoms with Gasteiger partial charge in [-0.25, -0.2) is 0 Å². The van der Waals surface area contributed by atoms with Gasteiger partial charge in [0.25, 0.3) is 0 Å². The molecule has 0 aromatic carbocycles. The summed E-state index contributed by atoms with van der Waals surface area (Å²) in [5.41, 5.74) is 13.5. The van der Waals surface area contributed by atoms with Crippen molar-refractivity contribution >= 4 is 0 Å². The third-order valence-corrected chi connectivity index (χ3v) is 0.933. The minimum Gasteiger partial charge on any atom is -0.373 e. The highest BCUT2D eigenvalue weighted by Gasteiger charge is 1.96. The van der Waals surface area contributed by atoms with Crippen LogP contribution in [0, 0.1) is 0 Å². The number of hydrogen-bond acceptors (Lipinski definition) is 1. The van der Waals surface area contributed by atoms with Crippen molar-refractivity contribution in [3.05, 3.63) is 16.0 Å². The van der Waals surface area contributed by atoms with Gasteiger partial charge < -0.3 is 21.1 Å². The summed E-state index contributed by atoms with van der Waals surface area (Å²) < 4.78 is 5.04. The molecule has 0 aromatic heterocycles. The van der Waals surface area contributed by atoms with Crippen LogP contribution in [0.5, 0.6) is 0 Å². The molecular formula is C4H10N4O. The summed E-state index contributed by atoms with van der Waals surface area (Å²) in [7, 11) is 0. The first-order valence-electron chi connectivity index (χ1n) is 2.79. The van der Waals surface area contributed by atoms with Crippen molar-refractivity contribution in [2.75, 3.05) is 26.3 Å². The Morgan fingerprint density at radius 3 is 1.78 bits per heavy atom. The molecule has 1 heterocycles. The molecule has 1 aliphatic rings. The molecule has 1 rings (SSSR count). The van der Waals surface area contributed by atoms with Gasteiger partial charge in [-0.15, -0.1) is 0 Å². The summed E-state index contributed by atoms with van der Waals surface area (Å²) in [6.07, 6.45) is 0. The van der Waals surface area contributed by atoms with E-state index in [9.17, 15) is 0 Å². The lowest BCUT2D eigenvalue weighted by Crippen LogP contribution is -2.87. The molecule has 52 valence electrons. The fraction of sp³-hybridized carbons (Fsp3) is 1.00. The molecule has 2 N–H and O–H groups in total. The number of quaternary nitrogens is 1. The zero-order chi connectivity index (χ0) is 6.95. The maximum atomic E-state index is 6.75. The van der Waals surface area contributed by atoms with Crippen LogP contribution in [0.4, 0.5) is 0 Å². The maximum Gasteiger partial charge on any atom is 0.0993 e. The maximum absolute atomic E-state index is 6.75. The first kappa shape index (κ1) is 8.23. The summed E-state index contributed by atoms with van der Waals surface area (Å²) in [6, 6.07) is 0. The first-order chi connectivity index (χ1) is 4.41. The number of morpholine rings is 1. The molecule has 0 unspecified atom stereocenters. The Labute approximate surface area is 53.4 Å². The summed E-state index contributed by atoms with van der Waals surface area (Å²) in [6.45, 7) is 4.19. The second-order valence-corrected chi connectivity index (χ2v) is 1.57. The largest absolute Gasteiger partial charge is 0.373 e. The summed E-state index contributed by atoms with van der Waals surface area (Å²) in [4.78, 5) is 1.50. The monoisotopic (exact) mass is 130 g/mol. The average molecular weight is 130 g/mol. The number of hydrogen-bond donors (Lipinski definition) is 1. The number of nitrogens with two attached hydrogens (primary N) is 1. The topological polar surface area (TPSA) is 84.5 Å². The standard InChI is InChI=1S/C4H9NO.N3/c1-3-6-4-2-5-1;1-3-2/h5H,1-4H2;/q;-1/p+1. The van der Waals surface area contributed by atoms with Gasteiger partial charge in [0.1, 0.15) is 0 Å². The predicted octanol–water partition coefficient (Wildman–Crippen LogP) is -0.554. The number of rotatable bonds is 0. The lowest BCUT2D eigenvalue weighted by atomic mass is 10.5. The second kappa shape index (κ2) is 7.23. The molecule has 0 aromatic rings. The van der Waals surface area contributed by atoms with Gasteiger partial charge in [0, 0.05) is 0 Å². The normalized spacial score (nSPS) is 16.9. The van der Waals surface area contributed by atoms with Crippen LogP contribution in [0.25, 0.3) is 16.0 Å². The van der Waals surface area contributed by atoms with Crippen LogP contribution in [-0.2, 0) is 4.74 Å². The van der Waals surface area contributed by atoms with Crippen LogP contribution in [0.2, 0.25) is 0 Å². The Kier molecular flexibility index (Phi) is 6.61. The minimum absolute atomic E-state index is 0.944. The SMILES string of the molecule is C1COCC[NH2+]1.[N-]=[N+]=[N-]. The quantitative estimate of drug-likeness (QED) is 0.266. The Bertz CT molecular complexity index is 73.1. The van der Waals surface area contributed by atoms with E-state index < -0.39 is 0 Å². The predicted molar refractivity (Wildman–Crippen MR) is 32.6 cm³/mol. The van der Waals surface area contributed by atoms with Crippen LogP contribution in [-0.4, -0.2) is 26.3 Å². The van der Waals surface area contributed by atoms with E-state index >= 15 is 0 Å². The van der Waals surface area contributed by atoms with E-state index in [1.165, 1.54) is 4.91 Å². The highest BCUT2D eigenvalue weighted by atomic mass is 16.5. The third-order valence-electron chi connectivity index (χ3n) is 0.933. The molecule has 0 spiro atoms. The fourth-order valence-corrected chi connectivity index (χ4v) is 0.580. The van der Waals surface area contributed by atoms with E-state index in [-0.39, 0.29) is 0 Å². The van der Waals surface area contributed by atoms with Gasteiger partial charge in [0.2, 0.25) is 0 Å². The molecule has 0 aliphatic carbocycles. The third kappa shape index (κ3) is 7.23. The van der Waals surface area contributed by atoms with E-state index in [0.29, 0.717) is 0 Å². The van der Waals surface area contributed by atoms with E-state index in [1.54, 1.807) is 0 Å². The van der Waals surface area contributed by atoms with Gasteiger partial charge in [-0.05, 0) is 0 Å². The number of ether oxygens (including phenoxy) is 1. The Hall–Kier alpha value is -0.770. The summed E-state index contributed by atoms with van der Waals surface area (Å²) in [5, 5.41) is 2.27. The molecule has 5 nitrogen and oxygen atoms in total. The van der Waals surface area contributed by atoms with Gasteiger partial charge in [-0.2, -0.15) is 0 Å². The highest BCUT2D eigenvalue weighted by molar-refractivity contribution is 4.36. The zero-order valence-corrected chi connectivity index (χ0v) is 5.16. The molecule has 0 amide bonds. The zero-order valence-electron chi connectivity index (χ0n) is 5.16. The van der Waals surface area contributed by atoms with Crippen molar-refractivity contribution in [1.29, 1.82) is 0 Å². The van der Waals surface area contributed by atoms with Gasteiger partial charge in [0.15, 0.2) is 0 Å². The lowest BCUT2D eigenvalue weighted by Gasteiger charge is -2.07. The average Bonchev–Trinajstić information content (AvgIpc) is 1.93. The molecule has 0 saturated carbocycles. The summed E-state index contributed by atoms with van der Waals surface area (Å²) >= 11 is 0. The number of nitrogens with zero attached hydrogens (tertiary/aromatic N) is 3. The van der Waals surface area contributed by atoms with E-state index in [4.69, 9.17) is 15.8 Å². The van der Waals surface area contributed by atoms with Gasteiger partial charge >= 0.3 is 0 Å². The van der Waals surface area contributed by atoms with Crippen LogP contribution in [0.1, 0.15) is 0 Å². The minimum atomic E-state index is 0.944. The molecule has 1 saturated heterocycles. The Balaban J connectivity index is 0.000000187. The molecule has 0 atom stereocenters. The lowest BCUT2D eigenvalue weighted by molar-refractivity contribution is -0.670. The van der Waals surface area contributed by atoms with Crippen molar-refractivity contribution in [2.24, 2.45) is 0 Å². The van der Waals surface area contributed by atoms with E-state index in [2.05, 4.69) is 5.32 Å². The van der Waals surface area contributed by atoms with Crippen molar-refractivity contribution in [3.8, 4) is 0 Å². The Morgan fingerprint density at radius 1 is 1.22 bits per heavy atom. The smallest absolute Gasteiger partial charge is 0.0993 e. The molecule has 9 heavy (non-hydrogen) atoms. The molecule has 1 fully saturated rings. The highest BCUT2D eigenvalue weighted by Crippen LogP contribution is 1.69. The second-order valence-electron chi connectivity index (χ2n) is 1.57. The van der Waals surface area contributed by atoms with Crippen molar-refractivity contribution in [2.45, 2.75) is 0 Å². The van der Waals surface area contributed by atoms with Crippen LogP contribution >= 0.6 is 0 Å². The van der Waals surface area contributed by atoms with Crippen LogP contribution < -0.4 is 5.32 Å². The van der Waals surface area contributed by atoms with Gasteiger partial charge in [-0.3, -0.25) is 4.91 Å². The summed E-state index contributed by atoms with van der Waals surface area (Å²) in [5.74, 6) is 0. The van der Waals surface area contributed by atoms with Crippen LogP contribution in [0.3, 0.4) is 0 Å². The van der Waals surface area contributed by atoms with Gasteiger partial charge in [-0.1, -0.05) is 0 Å². The van der Waals surface area contributed by atoms with Crippen molar-refractivity contribution < 1.29 is 10.1 Å². The molecular weight excluding hydrogens is 120 g/mol. The van der Waals surface area contributed by atoms with E-state index in [0.717, 1.165) is 26.3 Å². The molecule has 0 radical (unpaired) electrons. The fourth-order valence-electron chi connectivity index (χ4n) is 0.580. The Morgan fingerprint density at radius 2 is 1.67 bits per heavy atom. The van der Waals surface area contributed by atoms with Gasteiger partial charge in [0.05, 0.1) is 26.3 Å². The molecule has 5 heteroatoms. The molecule has 0 bridgehead atoms. The van der Waals surface area contributed by atoms with Crippen LogP contribution in [0.15, 0.2) is 0 Å².